The second-order valence-corrected chi connectivity index (χ2v) is 9.94. The quantitative estimate of drug-likeness (QED) is 0.832. The molecule has 3 heterocycles. The Morgan fingerprint density at radius 3 is 2.97 bits per heavy atom. The summed E-state index contributed by atoms with van der Waals surface area (Å²) in [4.78, 5) is 20.5. The summed E-state index contributed by atoms with van der Waals surface area (Å²) in [5, 5.41) is 11.5. The number of carbonyl (C=O) groups is 1. The molecule has 0 bridgehead atoms. The molecule has 0 radical (unpaired) electrons. The Morgan fingerprint density at radius 1 is 1.28 bits per heavy atom. The third-order valence-corrected chi connectivity index (χ3v) is 7.84. The van der Waals surface area contributed by atoms with Crippen molar-refractivity contribution in [3.63, 3.8) is 0 Å². The summed E-state index contributed by atoms with van der Waals surface area (Å²) >= 11 is 1.54. The number of allylic oxidation sites excluding steroid dienone is 1. The number of Topliss-reactive ketones (excluding diaryl/α,β-unsaturated/α-hetero) is 1. The van der Waals surface area contributed by atoms with E-state index in [0.29, 0.717) is 24.3 Å². The summed E-state index contributed by atoms with van der Waals surface area (Å²) in [5.41, 5.74) is 1.51. The molecule has 0 spiro atoms. The van der Waals surface area contributed by atoms with E-state index in [1.807, 2.05) is 24.3 Å². The van der Waals surface area contributed by atoms with Gasteiger partial charge in [0.1, 0.15) is 11.1 Å². The number of ketones is 1. The van der Waals surface area contributed by atoms with Crippen LogP contribution in [0.25, 0.3) is 15.8 Å². The van der Waals surface area contributed by atoms with Crippen LogP contribution in [-0.4, -0.2) is 52.6 Å². The lowest BCUT2D eigenvalue weighted by Crippen LogP contribution is -2.52. The molecule has 1 aliphatic carbocycles. The van der Waals surface area contributed by atoms with Gasteiger partial charge >= 0.3 is 0 Å². The Morgan fingerprint density at radius 2 is 2.14 bits per heavy atom. The number of rotatable bonds is 3. The molecular formula is C23H28N2O3S. The van der Waals surface area contributed by atoms with Crippen LogP contribution >= 0.6 is 11.3 Å². The molecule has 1 aromatic heterocycles. The van der Waals surface area contributed by atoms with Gasteiger partial charge in [-0.1, -0.05) is 19.1 Å². The molecule has 29 heavy (non-hydrogen) atoms. The minimum atomic E-state index is -0.404. The number of thiazole rings is 1. The van der Waals surface area contributed by atoms with Gasteiger partial charge in [-0.25, -0.2) is 4.98 Å². The summed E-state index contributed by atoms with van der Waals surface area (Å²) in [7, 11) is 0. The fourth-order valence-electron chi connectivity index (χ4n) is 5.25. The highest BCUT2D eigenvalue weighted by molar-refractivity contribution is 7.19. The predicted molar refractivity (Wildman–Crippen MR) is 115 cm³/mol. The zero-order chi connectivity index (χ0) is 20.0. The van der Waals surface area contributed by atoms with Crippen molar-refractivity contribution < 1.29 is 14.6 Å². The molecule has 2 aromatic rings. The molecule has 2 aliphatic heterocycles. The highest BCUT2D eigenvalue weighted by Gasteiger charge is 2.47. The number of benzene rings is 1. The Labute approximate surface area is 175 Å². The van der Waals surface area contributed by atoms with E-state index >= 15 is 0 Å². The number of hydrogen-bond donors (Lipinski definition) is 1. The van der Waals surface area contributed by atoms with Gasteiger partial charge in [-0.05, 0) is 50.3 Å². The van der Waals surface area contributed by atoms with Crippen molar-refractivity contribution in [1.82, 2.24) is 9.88 Å². The molecule has 1 aromatic carbocycles. The third-order valence-electron chi connectivity index (χ3n) is 6.77. The first-order valence-electron chi connectivity index (χ1n) is 10.8. The van der Waals surface area contributed by atoms with Crippen LogP contribution in [0.1, 0.15) is 37.6 Å². The second-order valence-electron chi connectivity index (χ2n) is 8.91. The maximum atomic E-state index is 13.4. The van der Waals surface area contributed by atoms with Crippen LogP contribution in [0.15, 0.2) is 30.5 Å². The molecule has 5 unspecified atom stereocenters. The first-order chi connectivity index (χ1) is 14.1. The van der Waals surface area contributed by atoms with Crippen molar-refractivity contribution in [2.24, 2.45) is 17.8 Å². The zero-order valence-corrected chi connectivity index (χ0v) is 17.6. The van der Waals surface area contributed by atoms with Crippen LogP contribution in [0.4, 0.5) is 0 Å². The largest absolute Gasteiger partial charge is 0.496 e. The van der Waals surface area contributed by atoms with Crippen molar-refractivity contribution >= 4 is 32.9 Å². The summed E-state index contributed by atoms with van der Waals surface area (Å²) in [6.07, 6.45) is 4.81. The van der Waals surface area contributed by atoms with Crippen molar-refractivity contribution in [2.45, 2.75) is 44.8 Å². The minimum Gasteiger partial charge on any atom is -0.496 e. The highest BCUT2D eigenvalue weighted by atomic mass is 32.1. The van der Waals surface area contributed by atoms with Gasteiger partial charge in [0.15, 0.2) is 5.78 Å². The van der Waals surface area contributed by atoms with Gasteiger partial charge in [0.05, 0.1) is 34.1 Å². The molecule has 154 valence electrons. The lowest BCUT2D eigenvalue weighted by Gasteiger charge is -2.44. The Kier molecular flexibility index (Phi) is 5.18. The Balaban J connectivity index is 1.38. The molecule has 1 saturated heterocycles. The average Bonchev–Trinajstić information content (AvgIpc) is 3.14. The van der Waals surface area contributed by atoms with E-state index in [1.54, 1.807) is 6.26 Å². The number of fused-ring (bicyclic) bond motifs is 2. The highest BCUT2D eigenvalue weighted by Crippen LogP contribution is 2.41. The molecule has 3 aliphatic rings. The number of ether oxygens (including phenoxy) is 1. The van der Waals surface area contributed by atoms with Crippen molar-refractivity contribution in [3.8, 4) is 0 Å². The molecule has 5 nitrogen and oxygen atoms in total. The fourth-order valence-corrected chi connectivity index (χ4v) is 6.22. The van der Waals surface area contributed by atoms with Gasteiger partial charge in [0.25, 0.3) is 0 Å². The smallest absolute Gasteiger partial charge is 0.175 e. The molecule has 5 atom stereocenters. The topological polar surface area (TPSA) is 62.7 Å². The maximum Gasteiger partial charge on any atom is 0.175 e. The Hall–Kier alpha value is -1.76. The minimum absolute atomic E-state index is 0.0174. The molecule has 1 saturated carbocycles. The lowest BCUT2D eigenvalue weighted by atomic mass is 9.72. The predicted octanol–water partition coefficient (Wildman–Crippen LogP) is 3.72. The van der Waals surface area contributed by atoms with Crippen molar-refractivity contribution in [1.29, 1.82) is 0 Å². The summed E-state index contributed by atoms with van der Waals surface area (Å²) in [6, 6.07) is 7.95. The number of aliphatic hydroxyl groups excluding tert-OH is 1. The van der Waals surface area contributed by atoms with E-state index in [1.165, 1.54) is 24.2 Å². The van der Waals surface area contributed by atoms with Crippen LogP contribution in [0, 0.1) is 17.8 Å². The first kappa shape index (κ1) is 19.2. The standard InChI is InChI=1S/C23H28N2O3S/c1-14-5-4-10-25(11-14)12-16-19(26)9-8-15-21(27)17(13-28-22(15)16)23-24-18-6-2-3-7-20(18)29-23/h2-3,6-7,13-16,19,22,26H,4-5,8-12H2,1H3. The normalized spacial score (nSPS) is 33.2. The first-order valence-corrected chi connectivity index (χ1v) is 11.6. The van der Waals surface area contributed by atoms with E-state index in [4.69, 9.17) is 4.74 Å². The van der Waals surface area contributed by atoms with E-state index in [-0.39, 0.29) is 23.7 Å². The lowest BCUT2D eigenvalue weighted by molar-refractivity contribution is -0.133. The molecule has 2 fully saturated rings. The third kappa shape index (κ3) is 3.62. The Bertz CT molecular complexity index is 906. The van der Waals surface area contributed by atoms with Gasteiger partial charge in [0, 0.05) is 19.0 Å². The van der Waals surface area contributed by atoms with Crippen LogP contribution in [0.2, 0.25) is 0 Å². The van der Waals surface area contributed by atoms with E-state index < -0.39 is 6.10 Å². The van der Waals surface area contributed by atoms with Gasteiger partial charge < -0.3 is 14.7 Å². The monoisotopic (exact) mass is 412 g/mol. The van der Waals surface area contributed by atoms with Crippen LogP contribution in [0.5, 0.6) is 0 Å². The van der Waals surface area contributed by atoms with Crippen molar-refractivity contribution in [2.75, 3.05) is 19.6 Å². The molecule has 0 amide bonds. The van der Waals surface area contributed by atoms with Crippen LogP contribution in [-0.2, 0) is 9.53 Å². The van der Waals surface area contributed by atoms with Gasteiger partial charge in [-0.15, -0.1) is 11.3 Å². The number of piperidine rings is 1. The van der Waals surface area contributed by atoms with E-state index in [9.17, 15) is 9.90 Å². The summed E-state index contributed by atoms with van der Waals surface area (Å²) < 4.78 is 7.24. The van der Waals surface area contributed by atoms with Gasteiger partial charge in [0.2, 0.25) is 0 Å². The SMILES string of the molecule is CC1CCCN(CC2C(O)CCC3C(=O)C(c4nc5ccccc5s4)=COC32)C1. The zero-order valence-electron chi connectivity index (χ0n) is 16.8. The molecular weight excluding hydrogens is 384 g/mol. The number of aliphatic hydroxyl groups is 1. The van der Waals surface area contributed by atoms with Gasteiger partial charge in [-0.2, -0.15) is 0 Å². The average molecular weight is 413 g/mol. The van der Waals surface area contributed by atoms with E-state index in [0.717, 1.165) is 34.9 Å². The van der Waals surface area contributed by atoms with E-state index in [2.05, 4.69) is 16.8 Å². The number of aromatic nitrogens is 1. The van der Waals surface area contributed by atoms with Crippen LogP contribution < -0.4 is 0 Å². The molecule has 1 N–H and O–H groups in total. The summed E-state index contributed by atoms with van der Waals surface area (Å²) in [5.74, 6) is 0.623. The van der Waals surface area contributed by atoms with Crippen molar-refractivity contribution in [3.05, 3.63) is 35.5 Å². The van der Waals surface area contributed by atoms with Crippen LogP contribution in [0.3, 0.4) is 0 Å². The number of likely N-dealkylation sites (tertiary alicyclic amines) is 1. The molecule has 6 heteroatoms. The molecule has 5 rings (SSSR count). The maximum absolute atomic E-state index is 13.4. The number of hydrogen-bond acceptors (Lipinski definition) is 6. The second kappa shape index (κ2) is 7.82. The fraction of sp³-hybridized carbons (Fsp3) is 0.565. The summed E-state index contributed by atoms with van der Waals surface area (Å²) in [6.45, 7) is 5.25. The number of para-hydroxylation sites is 1. The number of nitrogens with zero attached hydrogens (tertiary/aromatic N) is 2. The number of carbonyl (C=O) groups excluding carboxylic acids is 1. The van der Waals surface area contributed by atoms with Gasteiger partial charge in [-0.3, -0.25) is 4.79 Å².